The number of hydrogen-bond donors (Lipinski definition) is 2. The first-order chi connectivity index (χ1) is 14.8. The molecule has 0 saturated carbocycles. The van der Waals surface area contributed by atoms with Crippen molar-refractivity contribution in [1.29, 1.82) is 0 Å². The topological polar surface area (TPSA) is 115 Å². The van der Waals surface area contributed by atoms with Gasteiger partial charge in [0.2, 0.25) is 0 Å². The Morgan fingerprint density at radius 3 is 2.55 bits per heavy atom. The Bertz CT molecular complexity index is 1140. The van der Waals surface area contributed by atoms with Crippen LogP contribution in [0.5, 0.6) is 11.5 Å². The number of rotatable bonds is 7. The van der Waals surface area contributed by atoms with Gasteiger partial charge in [-0.05, 0) is 50.5 Å². The molecule has 1 amide bonds. The quantitative estimate of drug-likeness (QED) is 0.433. The van der Waals surface area contributed by atoms with E-state index in [0.29, 0.717) is 39.0 Å². The van der Waals surface area contributed by atoms with Crippen LogP contribution in [-0.2, 0) is 18.0 Å². The number of carbonyl (C=O) groups is 1. The van der Waals surface area contributed by atoms with E-state index in [1.807, 2.05) is 0 Å². The Morgan fingerprint density at radius 2 is 1.97 bits per heavy atom. The molecule has 3 N–H and O–H groups in total. The number of nitrogens with one attached hydrogen (secondary N) is 1. The van der Waals surface area contributed by atoms with Gasteiger partial charge in [-0.2, -0.15) is 5.10 Å². The van der Waals surface area contributed by atoms with E-state index in [1.165, 1.54) is 0 Å². The highest BCUT2D eigenvalue weighted by atomic mass is 32.2. The zero-order valence-electron chi connectivity index (χ0n) is 17.7. The molecule has 9 nitrogen and oxygen atoms in total. The Labute approximate surface area is 183 Å². The zero-order valence-corrected chi connectivity index (χ0v) is 18.5. The van der Waals surface area contributed by atoms with Crippen molar-refractivity contribution in [2.75, 3.05) is 32.2 Å². The number of aliphatic imine (C=N–C) groups is 1. The van der Waals surface area contributed by atoms with Gasteiger partial charge in [-0.15, -0.1) is 0 Å². The molecule has 2 aromatic carbocycles. The summed E-state index contributed by atoms with van der Waals surface area (Å²) in [4.78, 5) is 17.4. The third kappa shape index (κ3) is 5.36. The largest absolute Gasteiger partial charge is 0.457 e. The summed E-state index contributed by atoms with van der Waals surface area (Å²) in [7, 11) is 5.60. The van der Waals surface area contributed by atoms with Crippen molar-refractivity contribution in [3.63, 3.8) is 0 Å². The summed E-state index contributed by atoms with van der Waals surface area (Å²) in [5.74, 6) is 0.939. The highest BCUT2D eigenvalue weighted by molar-refractivity contribution is 7.82. The lowest BCUT2D eigenvalue weighted by Crippen LogP contribution is -2.15. The Kier molecular flexibility index (Phi) is 6.83. The summed E-state index contributed by atoms with van der Waals surface area (Å²) in [6.07, 6.45) is 3.30. The van der Waals surface area contributed by atoms with Gasteiger partial charge in [0.05, 0.1) is 10.5 Å². The van der Waals surface area contributed by atoms with Crippen LogP contribution in [0.2, 0.25) is 0 Å². The Balaban J connectivity index is 1.90. The van der Waals surface area contributed by atoms with Crippen LogP contribution < -0.4 is 15.8 Å². The maximum atomic E-state index is 12.7. The molecule has 10 heteroatoms. The molecule has 1 heterocycles. The van der Waals surface area contributed by atoms with Crippen LogP contribution in [0.3, 0.4) is 0 Å². The summed E-state index contributed by atoms with van der Waals surface area (Å²) < 4.78 is 21.4. The summed E-state index contributed by atoms with van der Waals surface area (Å²) in [6, 6.07) is 11.7. The first kappa shape index (κ1) is 22.2. The van der Waals surface area contributed by atoms with Gasteiger partial charge in [0.25, 0.3) is 5.91 Å². The van der Waals surface area contributed by atoms with Gasteiger partial charge in [-0.1, -0.05) is 0 Å². The second kappa shape index (κ2) is 9.54. The number of ether oxygens (including phenoxy) is 1. The summed E-state index contributed by atoms with van der Waals surface area (Å²) >= 11 is 0. The van der Waals surface area contributed by atoms with Crippen LogP contribution >= 0.6 is 0 Å². The molecule has 0 aliphatic rings. The molecule has 1 aromatic heterocycles. The van der Waals surface area contributed by atoms with E-state index in [1.54, 1.807) is 92.1 Å². The van der Waals surface area contributed by atoms with Crippen molar-refractivity contribution in [3.8, 4) is 11.5 Å². The van der Waals surface area contributed by atoms with Gasteiger partial charge in [0.15, 0.2) is 5.82 Å². The van der Waals surface area contributed by atoms with Crippen molar-refractivity contribution in [3.05, 3.63) is 59.8 Å². The Morgan fingerprint density at radius 1 is 1.26 bits per heavy atom. The van der Waals surface area contributed by atoms with Gasteiger partial charge in [0.1, 0.15) is 22.5 Å². The first-order valence-electron chi connectivity index (χ1n) is 9.32. The summed E-state index contributed by atoms with van der Waals surface area (Å²) in [5, 5.41) is 6.87. The van der Waals surface area contributed by atoms with Crippen molar-refractivity contribution in [2.24, 2.45) is 12.0 Å². The number of nitrogens with zero attached hydrogens (tertiary/aromatic N) is 4. The van der Waals surface area contributed by atoms with Crippen molar-refractivity contribution < 1.29 is 13.7 Å². The lowest BCUT2D eigenvalue weighted by molar-refractivity contribution is 0.102. The van der Waals surface area contributed by atoms with E-state index in [0.717, 1.165) is 0 Å². The maximum Gasteiger partial charge on any atom is 0.257 e. The summed E-state index contributed by atoms with van der Waals surface area (Å²) in [6.45, 7) is 0. The lowest BCUT2D eigenvalue weighted by Gasteiger charge is -2.14. The van der Waals surface area contributed by atoms with Gasteiger partial charge in [-0.25, -0.2) is 8.51 Å². The minimum atomic E-state index is -1.25. The van der Waals surface area contributed by atoms with Crippen LogP contribution in [0.1, 0.15) is 15.9 Å². The van der Waals surface area contributed by atoms with Crippen molar-refractivity contribution in [2.45, 2.75) is 4.90 Å². The minimum absolute atomic E-state index is 0.316. The predicted molar refractivity (Wildman–Crippen MR) is 122 cm³/mol. The second-order valence-corrected chi connectivity index (χ2v) is 8.53. The number of aromatic nitrogens is 2. The molecule has 1 unspecified atom stereocenters. The minimum Gasteiger partial charge on any atom is -0.457 e. The van der Waals surface area contributed by atoms with Crippen LogP contribution in [0.4, 0.5) is 11.5 Å². The number of benzene rings is 2. The lowest BCUT2D eigenvalue weighted by atomic mass is 10.1. The number of nitrogen functional groups attached to an aromatic ring is 1. The molecule has 1 atom stereocenters. The van der Waals surface area contributed by atoms with E-state index in [9.17, 15) is 9.00 Å². The van der Waals surface area contributed by atoms with E-state index >= 15 is 0 Å². The number of anilines is 2. The first-order valence-corrected chi connectivity index (χ1v) is 10.4. The molecule has 0 aliphatic heterocycles. The van der Waals surface area contributed by atoms with E-state index < -0.39 is 11.0 Å². The fraction of sp³-hybridized carbons (Fsp3) is 0.190. The highest BCUT2D eigenvalue weighted by Gasteiger charge is 2.16. The van der Waals surface area contributed by atoms with E-state index in [4.69, 9.17) is 10.5 Å². The van der Waals surface area contributed by atoms with Crippen LogP contribution in [0.25, 0.3) is 0 Å². The van der Waals surface area contributed by atoms with Crippen molar-refractivity contribution in [1.82, 2.24) is 14.1 Å². The van der Waals surface area contributed by atoms with Crippen molar-refractivity contribution >= 4 is 34.6 Å². The second-order valence-electron chi connectivity index (χ2n) is 6.83. The molecule has 0 fully saturated rings. The fourth-order valence-corrected chi connectivity index (χ4v) is 3.55. The van der Waals surface area contributed by atoms with Crippen LogP contribution in [-0.4, -0.2) is 51.6 Å². The average molecular weight is 441 g/mol. The predicted octanol–water partition coefficient (Wildman–Crippen LogP) is 2.68. The molecule has 0 spiro atoms. The zero-order chi connectivity index (χ0) is 22.5. The molecule has 0 saturated heterocycles. The van der Waals surface area contributed by atoms with Crippen LogP contribution in [0, 0.1) is 0 Å². The molecule has 31 heavy (non-hydrogen) atoms. The SMILES string of the molecule is CN=Cc1c(N)cc(C(=O)Nc2ccn(C)n2)cc1Oc1ccc(S(=O)N(C)C)cc1. The Hall–Kier alpha value is -3.50. The normalized spacial score (nSPS) is 12.3. The third-order valence-corrected chi connectivity index (χ3v) is 5.57. The summed E-state index contributed by atoms with van der Waals surface area (Å²) in [5.41, 5.74) is 7.39. The molecule has 3 rings (SSSR count). The molecule has 3 aromatic rings. The van der Waals surface area contributed by atoms with Crippen LogP contribution in [0.15, 0.2) is 58.5 Å². The molecule has 0 radical (unpaired) electrons. The molecular formula is C21H24N6O3S. The van der Waals surface area contributed by atoms with Gasteiger partial charge >= 0.3 is 0 Å². The number of nitrogens with two attached hydrogens (primary N) is 1. The maximum absolute atomic E-state index is 12.7. The number of hydrogen-bond acceptors (Lipinski definition) is 6. The third-order valence-electron chi connectivity index (χ3n) is 4.23. The van der Waals surface area contributed by atoms with Gasteiger partial charge in [-0.3, -0.25) is 14.5 Å². The standard InChI is InChI=1S/C21H24N6O3S/c1-23-13-17-18(22)11-14(21(28)24-20-9-10-27(4)25-20)12-19(17)30-15-5-7-16(8-6-15)31(29)26(2)3/h5-13H,22H2,1-4H3,(H,24,25,28). The van der Waals surface area contributed by atoms with E-state index in [-0.39, 0.29) is 5.91 Å². The molecule has 0 aliphatic carbocycles. The average Bonchev–Trinajstić information content (AvgIpc) is 3.14. The molecule has 0 bridgehead atoms. The highest BCUT2D eigenvalue weighted by Crippen LogP contribution is 2.31. The number of carbonyl (C=O) groups excluding carboxylic acids is 1. The monoisotopic (exact) mass is 440 g/mol. The van der Waals surface area contributed by atoms with Gasteiger partial charge in [0, 0.05) is 43.8 Å². The van der Waals surface area contributed by atoms with E-state index in [2.05, 4.69) is 15.4 Å². The van der Waals surface area contributed by atoms with Gasteiger partial charge < -0.3 is 15.8 Å². The fourth-order valence-electron chi connectivity index (χ4n) is 2.76. The number of amides is 1. The molecular weight excluding hydrogens is 416 g/mol. The smallest absolute Gasteiger partial charge is 0.257 e. The number of aryl methyl sites for hydroxylation is 1. The molecule has 162 valence electrons.